The highest BCUT2D eigenvalue weighted by atomic mass is 35.5. The standard InChI is InChI=1S/C20H20N4O3.ClH/c1-12-6-7-14-16(10-12)22-18(15-4-2-3-5-17(15)25)23-19(14)24(20(26)27)13-8-9-21-11-13;/h2-7,10,13,21,25H,8-9,11H2,1H3,(H,26,27);1H. The molecule has 7 nitrogen and oxygen atoms in total. The lowest BCUT2D eigenvalue weighted by Gasteiger charge is -2.26. The Hall–Kier alpha value is -2.90. The van der Waals surface area contributed by atoms with Gasteiger partial charge in [-0.05, 0) is 49.7 Å². The molecule has 1 atom stereocenters. The zero-order valence-electron chi connectivity index (χ0n) is 15.3. The first kappa shape index (κ1) is 19.9. The van der Waals surface area contributed by atoms with Crippen molar-refractivity contribution in [1.82, 2.24) is 15.3 Å². The van der Waals surface area contributed by atoms with Crippen LogP contribution in [-0.4, -0.2) is 45.4 Å². The van der Waals surface area contributed by atoms with E-state index in [1.54, 1.807) is 24.3 Å². The van der Waals surface area contributed by atoms with Gasteiger partial charge in [0.1, 0.15) is 11.6 Å². The van der Waals surface area contributed by atoms with E-state index < -0.39 is 6.09 Å². The molecule has 4 rings (SSSR count). The monoisotopic (exact) mass is 400 g/mol. The molecule has 0 aliphatic carbocycles. The molecule has 1 aliphatic heterocycles. The minimum Gasteiger partial charge on any atom is -0.507 e. The Morgan fingerprint density at radius 1 is 1.21 bits per heavy atom. The van der Waals surface area contributed by atoms with E-state index in [1.807, 2.05) is 25.1 Å². The largest absolute Gasteiger partial charge is 0.507 e. The number of nitrogens with one attached hydrogen (secondary N) is 1. The molecular formula is C20H21ClN4O3. The normalized spacial score (nSPS) is 16.0. The van der Waals surface area contributed by atoms with E-state index in [2.05, 4.69) is 15.3 Å². The maximum Gasteiger partial charge on any atom is 0.413 e. The van der Waals surface area contributed by atoms with Gasteiger partial charge in [0.25, 0.3) is 0 Å². The molecule has 1 unspecified atom stereocenters. The third-order valence-corrected chi connectivity index (χ3v) is 4.81. The first-order valence-corrected chi connectivity index (χ1v) is 8.84. The van der Waals surface area contributed by atoms with Gasteiger partial charge in [-0.3, -0.25) is 4.90 Å². The van der Waals surface area contributed by atoms with Crippen LogP contribution in [-0.2, 0) is 0 Å². The van der Waals surface area contributed by atoms with E-state index >= 15 is 0 Å². The molecule has 1 aliphatic rings. The molecule has 1 amide bonds. The summed E-state index contributed by atoms with van der Waals surface area (Å²) >= 11 is 0. The Morgan fingerprint density at radius 2 is 2.00 bits per heavy atom. The molecule has 0 saturated carbocycles. The average Bonchev–Trinajstić information content (AvgIpc) is 3.15. The third kappa shape index (κ3) is 3.58. The van der Waals surface area contributed by atoms with Gasteiger partial charge in [0, 0.05) is 11.9 Å². The molecule has 1 saturated heterocycles. The van der Waals surface area contributed by atoms with Gasteiger partial charge >= 0.3 is 6.09 Å². The number of anilines is 1. The molecule has 3 N–H and O–H groups in total. The summed E-state index contributed by atoms with van der Waals surface area (Å²) in [5.41, 5.74) is 2.13. The van der Waals surface area contributed by atoms with Crippen molar-refractivity contribution in [2.45, 2.75) is 19.4 Å². The predicted molar refractivity (Wildman–Crippen MR) is 110 cm³/mol. The van der Waals surface area contributed by atoms with Crippen molar-refractivity contribution in [2.75, 3.05) is 18.0 Å². The van der Waals surface area contributed by atoms with Crippen molar-refractivity contribution in [3.8, 4) is 17.1 Å². The number of benzene rings is 2. The lowest BCUT2D eigenvalue weighted by atomic mass is 10.1. The first-order chi connectivity index (χ1) is 13.0. The highest BCUT2D eigenvalue weighted by Gasteiger charge is 2.31. The number of phenolic OH excluding ortho intramolecular Hbond substituents is 1. The molecule has 0 radical (unpaired) electrons. The van der Waals surface area contributed by atoms with Crippen LogP contribution in [0.3, 0.4) is 0 Å². The number of amides is 1. The van der Waals surface area contributed by atoms with E-state index in [1.165, 1.54) is 4.90 Å². The van der Waals surface area contributed by atoms with Gasteiger partial charge in [-0.2, -0.15) is 0 Å². The molecule has 146 valence electrons. The van der Waals surface area contributed by atoms with Crippen molar-refractivity contribution in [3.63, 3.8) is 0 Å². The van der Waals surface area contributed by atoms with Crippen LogP contribution in [0.25, 0.3) is 22.3 Å². The number of phenols is 1. The molecule has 2 aromatic carbocycles. The number of aromatic nitrogens is 2. The maximum atomic E-state index is 12.1. The highest BCUT2D eigenvalue weighted by molar-refractivity contribution is 5.99. The van der Waals surface area contributed by atoms with Gasteiger partial charge in [-0.15, -0.1) is 12.4 Å². The van der Waals surface area contributed by atoms with Crippen LogP contribution in [0, 0.1) is 6.92 Å². The van der Waals surface area contributed by atoms with Gasteiger partial charge in [-0.1, -0.05) is 18.2 Å². The number of aryl methyl sites for hydroxylation is 1. The number of fused-ring (bicyclic) bond motifs is 1. The van der Waals surface area contributed by atoms with E-state index in [0.717, 1.165) is 18.5 Å². The van der Waals surface area contributed by atoms with Gasteiger partial charge in [0.05, 0.1) is 17.1 Å². The van der Waals surface area contributed by atoms with Crippen molar-refractivity contribution >= 4 is 35.2 Å². The fourth-order valence-electron chi connectivity index (χ4n) is 3.47. The fourth-order valence-corrected chi connectivity index (χ4v) is 3.47. The Bertz CT molecular complexity index is 1020. The highest BCUT2D eigenvalue weighted by Crippen LogP contribution is 2.33. The second kappa shape index (κ2) is 8.00. The Balaban J connectivity index is 0.00000225. The van der Waals surface area contributed by atoms with E-state index in [4.69, 9.17) is 0 Å². The van der Waals surface area contributed by atoms with Crippen LogP contribution in [0.5, 0.6) is 5.75 Å². The second-order valence-corrected chi connectivity index (χ2v) is 6.71. The molecule has 1 aromatic heterocycles. The van der Waals surface area contributed by atoms with Gasteiger partial charge in [0.2, 0.25) is 0 Å². The summed E-state index contributed by atoms with van der Waals surface area (Å²) in [5.74, 6) is 0.706. The molecule has 3 aromatic rings. The Morgan fingerprint density at radius 3 is 2.68 bits per heavy atom. The van der Waals surface area contributed by atoms with Crippen molar-refractivity contribution in [2.24, 2.45) is 0 Å². The number of halogens is 1. The minimum atomic E-state index is -1.05. The van der Waals surface area contributed by atoms with Crippen molar-refractivity contribution in [3.05, 3.63) is 48.0 Å². The summed E-state index contributed by atoms with van der Waals surface area (Å²) in [7, 11) is 0. The number of para-hydroxylation sites is 1. The molecule has 0 bridgehead atoms. The maximum absolute atomic E-state index is 12.1. The quantitative estimate of drug-likeness (QED) is 0.621. The first-order valence-electron chi connectivity index (χ1n) is 8.84. The average molecular weight is 401 g/mol. The third-order valence-electron chi connectivity index (χ3n) is 4.81. The molecular weight excluding hydrogens is 380 g/mol. The van der Waals surface area contributed by atoms with Crippen LogP contribution < -0.4 is 10.2 Å². The summed E-state index contributed by atoms with van der Waals surface area (Å²) in [6, 6.07) is 12.3. The lowest BCUT2D eigenvalue weighted by Crippen LogP contribution is -2.41. The predicted octanol–water partition coefficient (Wildman–Crippen LogP) is 3.58. The number of aromatic hydroxyl groups is 1. The van der Waals surface area contributed by atoms with Crippen LogP contribution >= 0.6 is 12.4 Å². The summed E-state index contributed by atoms with van der Waals surface area (Å²) in [4.78, 5) is 22.6. The number of carbonyl (C=O) groups is 1. The zero-order valence-corrected chi connectivity index (χ0v) is 16.1. The summed E-state index contributed by atoms with van der Waals surface area (Å²) in [6.07, 6.45) is -0.331. The van der Waals surface area contributed by atoms with E-state index in [-0.39, 0.29) is 24.2 Å². The van der Waals surface area contributed by atoms with Crippen molar-refractivity contribution < 1.29 is 15.0 Å². The van der Waals surface area contributed by atoms with Gasteiger partial charge in [0.15, 0.2) is 5.82 Å². The van der Waals surface area contributed by atoms with Crippen LogP contribution in [0.15, 0.2) is 42.5 Å². The summed E-state index contributed by atoms with van der Waals surface area (Å²) < 4.78 is 0. The smallest absolute Gasteiger partial charge is 0.413 e. The molecule has 0 spiro atoms. The minimum absolute atomic E-state index is 0. The van der Waals surface area contributed by atoms with Gasteiger partial charge in [-0.25, -0.2) is 14.8 Å². The Labute approximate surface area is 168 Å². The molecule has 28 heavy (non-hydrogen) atoms. The number of hydrogen-bond acceptors (Lipinski definition) is 5. The number of hydrogen-bond donors (Lipinski definition) is 3. The topological polar surface area (TPSA) is 98.6 Å². The van der Waals surface area contributed by atoms with E-state index in [9.17, 15) is 15.0 Å². The summed E-state index contributed by atoms with van der Waals surface area (Å²) in [6.45, 7) is 3.30. The number of carboxylic acid groups (broad SMARTS) is 1. The Kier molecular flexibility index (Phi) is 5.67. The summed E-state index contributed by atoms with van der Waals surface area (Å²) in [5, 5.41) is 24.0. The van der Waals surface area contributed by atoms with Crippen molar-refractivity contribution in [1.29, 1.82) is 0 Å². The second-order valence-electron chi connectivity index (χ2n) is 6.71. The number of nitrogens with zero attached hydrogens (tertiary/aromatic N) is 3. The van der Waals surface area contributed by atoms with Gasteiger partial charge < -0.3 is 15.5 Å². The van der Waals surface area contributed by atoms with Crippen LogP contribution in [0.1, 0.15) is 12.0 Å². The fraction of sp³-hybridized carbons (Fsp3) is 0.250. The van der Waals surface area contributed by atoms with E-state index in [0.29, 0.717) is 34.7 Å². The SMILES string of the molecule is Cc1ccc2c(N(C(=O)O)C3CCNC3)nc(-c3ccccc3O)nc2c1.Cl. The molecule has 1 fully saturated rings. The molecule has 8 heteroatoms. The zero-order chi connectivity index (χ0) is 19.0. The number of rotatable bonds is 3. The lowest BCUT2D eigenvalue weighted by molar-refractivity contribution is 0.199. The van der Waals surface area contributed by atoms with Crippen LogP contribution in [0.4, 0.5) is 10.6 Å². The molecule has 2 heterocycles. The van der Waals surface area contributed by atoms with Crippen LogP contribution in [0.2, 0.25) is 0 Å².